The minimum Gasteiger partial charge on any atom is -0.455 e. The van der Waals surface area contributed by atoms with E-state index in [4.69, 9.17) is 19.4 Å². The summed E-state index contributed by atoms with van der Waals surface area (Å²) in [5.74, 6) is 1.34. The third-order valence-corrected chi connectivity index (χ3v) is 6.83. The zero-order valence-corrected chi connectivity index (χ0v) is 20.1. The monoisotopic (exact) mass is 477 g/mol. The lowest BCUT2D eigenvalue weighted by Gasteiger charge is -2.13. The van der Waals surface area contributed by atoms with Crippen LogP contribution < -0.4 is 0 Å². The summed E-state index contributed by atoms with van der Waals surface area (Å²) in [7, 11) is 0. The number of furan rings is 1. The van der Waals surface area contributed by atoms with Crippen molar-refractivity contribution < 1.29 is 4.42 Å². The smallest absolute Gasteiger partial charge is 0.162 e. The van der Waals surface area contributed by atoms with Crippen LogP contribution in [0, 0.1) is 0 Å². The third-order valence-electron chi connectivity index (χ3n) is 6.83. The largest absolute Gasteiger partial charge is 0.455 e. The molecule has 0 unspecified atom stereocenters. The van der Waals surface area contributed by atoms with Gasteiger partial charge in [-0.05, 0) is 23.1 Å². The Morgan fingerprint density at radius 3 is 2.16 bits per heavy atom. The second kappa shape index (κ2) is 8.99. The average molecular weight is 478 g/mol. The molecule has 0 spiro atoms. The van der Waals surface area contributed by atoms with E-state index >= 15 is 0 Å². The zero-order valence-electron chi connectivity index (χ0n) is 20.1. The second-order valence-electron chi connectivity index (χ2n) is 9.13. The van der Waals surface area contributed by atoms with Crippen molar-refractivity contribution in [2.75, 3.05) is 6.54 Å². The number of rotatable bonds is 3. The Hall–Kier alpha value is -4.83. The summed E-state index contributed by atoms with van der Waals surface area (Å²) >= 11 is 0. The highest BCUT2D eigenvalue weighted by atomic mass is 16.3. The highest BCUT2D eigenvalue weighted by Gasteiger charge is 2.19. The molecule has 1 aliphatic heterocycles. The van der Waals surface area contributed by atoms with Crippen LogP contribution in [0.4, 0.5) is 0 Å². The lowest BCUT2D eigenvalue weighted by Crippen LogP contribution is -2.14. The summed E-state index contributed by atoms with van der Waals surface area (Å²) in [4.78, 5) is 15.2. The quantitative estimate of drug-likeness (QED) is 0.256. The summed E-state index contributed by atoms with van der Waals surface area (Å²) < 4.78 is 6.44. The van der Waals surface area contributed by atoms with E-state index in [1.807, 2.05) is 66.7 Å². The Kier molecular flexibility index (Phi) is 5.21. The van der Waals surface area contributed by atoms with Crippen LogP contribution in [-0.4, -0.2) is 23.9 Å². The van der Waals surface area contributed by atoms with Gasteiger partial charge in [0.25, 0.3) is 0 Å². The number of benzene rings is 5. The predicted octanol–water partition coefficient (Wildman–Crippen LogP) is 7.83. The molecule has 37 heavy (non-hydrogen) atoms. The highest BCUT2D eigenvalue weighted by molar-refractivity contribution is 6.26. The van der Waals surface area contributed by atoms with Gasteiger partial charge in [0.15, 0.2) is 11.7 Å². The van der Waals surface area contributed by atoms with Crippen molar-refractivity contribution in [1.82, 2.24) is 0 Å². The van der Waals surface area contributed by atoms with Gasteiger partial charge in [0.2, 0.25) is 0 Å². The maximum absolute atomic E-state index is 6.44. The first-order valence-corrected chi connectivity index (χ1v) is 12.5. The van der Waals surface area contributed by atoms with Gasteiger partial charge in [-0.15, -0.1) is 0 Å². The van der Waals surface area contributed by atoms with Gasteiger partial charge < -0.3 is 4.42 Å². The van der Waals surface area contributed by atoms with E-state index < -0.39 is 0 Å². The van der Waals surface area contributed by atoms with Crippen LogP contribution in [0.2, 0.25) is 0 Å². The molecular weight excluding hydrogens is 454 g/mol. The number of aliphatic imine (C=N–C) groups is 3. The molecule has 1 aromatic heterocycles. The van der Waals surface area contributed by atoms with E-state index in [1.54, 1.807) is 0 Å². The van der Waals surface area contributed by atoms with E-state index in [9.17, 15) is 0 Å². The van der Waals surface area contributed by atoms with E-state index in [2.05, 4.69) is 48.5 Å². The van der Waals surface area contributed by atoms with Crippen molar-refractivity contribution in [2.24, 2.45) is 15.0 Å². The number of fused-ring (bicyclic) bond motifs is 5. The molecule has 4 nitrogen and oxygen atoms in total. The molecule has 0 N–H and O–H groups in total. The van der Waals surface area contributed by atoms with Crippen LogP contribution in [-0.2, 0) is 0 Å². The molecule has 7 rings (SSSR count). The molecule has 0 aliphatic carbocycles. The molecule has 0 atom stereocenters. The normalized spacial score (nSPS) is 18.4. The molecule has 6 aromatic rings. The molecule has 0 saturated carbocycles. The fourth-order valence-corrected chi connectivity index (χ4v) is 5.06. The fraction of sp³-hybridized carbons (Fsp3) is 0.0606. The summed E-state index contributed by atoms with van der Waals surface area (Å²) in [6.45, 7) is 0.625. The van der Waals surface area contributed by atoms with Crippen LogP contribution in [0.5, 0.6) is 0 Å². The van der Waals surface area contributed by atoms with Crippen LogP contribution in [0.1, 0.15) is 23.1 Å². The standard InChI is InChI=1S/C33H23N3O/c1-3-11-23(12-4-1)28-20-21-34-32(24-13-5-2-6-14-24)36-33(35-28)27-16-9-17-29-30(27)26-19-18-22-10-7-8-15-25(22)31(26)37-29/h1-19H,20-21H2/b34-32+,35-28+,36-33-. The molecule has 0 saturated heterocycles. The molecular formula is C33H23N3O. The molecule has 0 fully saturated rings. The fourth-order valence-electron chi connectivity index (χ4n) is 5.06. The molecule has 0 amide bonds. The lowest BCUT2D eigenvalue weighted by atomic mass is 10.0. The van der Waals surface area contributed by atoms with Gasteiger partial charge in [-0.1, -0.05) is 103 Å². The van der Waals surface area contributed by atoms with Crippen LogP contribution in [0.15, 0.2) is 135 Å². The van der Waals surface area contributed by atoms with E-state index in [1.165, 1.54) is 0 Å². The molecule has 176 valence electrons. The van der Waals surface area contributed by atoms with Gasteiger partial charge >= 0.3 is 0 Å². The molecule has 2 heterocycles. The molecule has 5 aromatic carbocycles. The minimum atomic E-state index is 0.625. The van der Waals surface area contributed by atoms with Gasteiger partial charge in [-0.3, -0.25) is 4.99 Å². The maximum atomic E-state index is 6.44. The summed E-state index contributed by atoms with van der Waals surface area (Å²) in [6.07, 6.45) is 0.728. The van der Waals surface area contributed by atoms with E-state index in [-0.39, 0.29) is 0 Å². The van der Waals surface area contributed by atoms with Crippen LogP contribution in [0.25, 0.3) is 32.7 Å². The first-order valence-electron chi connectivity index (χ1n) is 12.5. The van der Waals surface area contributed by atoms with Crippen LogP contribution in [0.3, 0.4) is 0 Å². The first-order chi connectivity index (χ1) is 18.3. The number of hydrogen-bond acceptors (Lipinski definition) is 4. The summed E-state index contributed by atoms with van der Waals surface area (Å²) in [6, 6.07) is 39.2. The van der Waals surface area contributed by atoms with Gasteiger partial charge in [-0.25, -0.2) is 9.98 Å². The second-order valence-corrected chi connectivity index (χ2v) is 9.13. The van der Waals surface area contributed by atoms with Crippen molar-refractivity contribution in [2.45, 2.75) is 6.42 Å². The Bertz CT molecular complexity index is 1860. The maximum Gasteiger partial charge on any atom is 0.162 e. The number of amidine groups is 2. The van der Waals surface area contributed by atoms with Crippen molar-refractivity contribution in [3.05, 3.63) is 132 Å². The molecule has 0 radical (unpaired) electrons. The van der Waals surface area contributed by atoms with Gasteiger partial charge in [0, 0.05) is 40.3 Å². The Morgan fingerprint density at radius 2 is 1.32 bits per heavy atom. The Labute approximate surface area is 214 Å². The topological polar surface area (TPSA) is 50.2 Å². The van der Waals surface area contributed by atoms with Gasteiger partial charge in [0.1, 0.15) is 11.2 Å². The number of nitrogens with zero attached hydrogens (tertiary/aromatic N) is 3. The van der Waals surface area contributed by atoms with E-state index in [0.717, 1.165) is 61.5 Å². The Morgan fingerprint density at radius 1 is 0.568 bits per heavy atom. The molecule has 0 bridgehead atoms. The average Bonchev–Trinajstić information content (AvgIpc) is 3.34. The van der Waals surface area contributed by atoms with Gasteiger partial charge in [-0.2, -0.15) is 0 Å². The lowest BCUT2D eigenvalue weighted by molar-refractivity contribution is 0.672. The predicted molar refractivity (Wildman–Crippen MR) is 153 cm³/mol. The van der Waals surface area contributed by atoms with Crippen molar-refractivity contribution in [3.63, 3.8) is 0 Å². The van der Waals surface area contributed by atoms with Crippen molar-refractivity contribution in [1.29, 1.82) is 0 Å². The van der Waals surface area contributed by atoms with Crippen molar-refractivity contribution >= 4 is 50.1 Å². The Balaban J connectivity index is 1.51. The molecule has 4 heteroatoms. The molecule has 1 aliphatic rings. The zero-order chi connectivity index (χ0) is 24.6. The third kappa shape index (κ3) is 3.83. The number of hydrogen-bond donors (Lipinski definition) is 0. The van der Waals surface area contributed by atoms with Crippen molar-refractivity contribution in [3.8, 4) is 0 Å². The summed E-state index contributed by atoms with van der Waals surface area (Å²) in [5, 5.41) is 4.33. The highest BCUT2D eigenvalue weighted by Crippen LogP contribution is 2.36. The SMILES string of the molecule is c1ccc(/C2=N/C(c3cccc4oc5c6ccccc6ccc5c34)=N\C(c3ccccc3)=N\CC2)cc1. The van der Waals surface area contributed by atoms with E-state index in [0.29, 0.717) is 18.2 Å². The summed E-state index contributed by atoms with van der Waals surface area (Å²) in [5.41, 5.74) is 5.69. The minimum absolute atomic E-state index is 0.625. The first kappa shape index (κ1) is 21.5. The van der Waals surface area contributed by atoms with Crippen LogP contribution >= 0.6 is 0 Å². The van der Waals surface area contributed by atoms with Gasteiger partial charge in [0.05, 0.1) is 5.71 Å².